The predicted octanol–water partition coefficient (Wildman–Crippen LogP) is 9.17. The van der Waals surface area contributed by atoms with E-state index >= 15 is 0 Å². The highest BCUT2D eigenvalue weighted by Gasteiger charge is 2.19. The molecule has 0 unspecified atom stereocenters. The van der Waals surface area contributed by atoms with Crippen LogP contribution in [-0.2, 0) is 6.61 Å². The lowest BCUT2D eigenvalue weighted by molar-refractivity contribution is 0.269. The Kier molecular flexibility index (Phi) is 10.3. The topological polar surface area (TPSA) is 74.9 Å². The van der Waals surface area contributed by atoms with Gasteiger partial charge in [0.1, 0.15) is 12.4 Å². The predicted molar refractivity (Wildman–Crippen MR) is 186 cm³/mol. The number of aromatic nitrogens is 2. The summed E-state index contributed by atoms with van der Waals surface area (Å²) in [5.41, 5.74) is 4.69. The number of rotatable bonds is 11. The van der Waals surface area contributed by atoms with Crippen molar-refractivity contribution in [3.63, 3.8) is 0 Å². The van der Waals surface area contributed by atoms with Crippen molar-refractivity contribution in [3.8, 4) is 28.6 Å². The Labute approximate surface area is 276 Å². The number of hydrogen-bond acceptors (Lipinski definition) is 6. The molecule has 0 N–H and O–H groups in total. The third kappa shape index (κ3) is 7.24. The van der Waals surface area contributed by atoms with Crippen molar-refractivity contribution >= 4 is 44.6 Å². The van der Waals surface area contributed by atoms with Gasteiger partial charge >= 0.3 is 0 Å². The van der Waals surface area contributed by atoms with Crippen molar-refractivity contribution in [3.05, 3.63) is 115 Å². The molecule has 0 radical (unpaired) electrons. The van der Waals surface area contributed by atoms with Crippen molar-refractivity contribution in [2.24, 2.45) is 5.10 Å². The monoisotopic (exact) mass is 687 g/mol. The molecular formula is C36H35BrClN3O4. The fourth-order valence-corrected chi connectivity index (χ4v) is 5.54. The molecule has 5 rings (SSSR count). The van der Waals surface area contributed by atoms with E-state index in [1.807, 2.05) is 69.3 Å². The average molecular weight is 689 g/mol. The van der Waals surface area contributed by atoms with Crippen LogP contribution in [0.3, 0.4) is 0 Å². The first-order valence-electron chi connectivity index (χ1n) is 14.9. The first-order valence-corrected chi connectivity index (χ1v) is 16.0. The number of benzene rings is 4. The van der Waals surface area contributed by atoms with E-state index in [4.69, 9.17) is 30.8 Å². The summed E-state index contributed by atoms with van der Waals surface area (Å²) in [5, 5.41) is 5.51. The van der Waals surface area contributed by atoms with Crippen LogP contribution in [0, 0.1) is 6.92 Å². The summed E-state index contributed by atoms with van der Waals surface area (Å²) in [4.78, 5) is 18.8. The highest BCUT2D eigenvalue weighted by Crippen LogP contribution is 2.37. The minimum absolute atomic E-state index is 0.193. The molecule has 0 fully saturated rings. The molecule has 1 aromatic heterocycles. The second-order valence-corrected chi connectivity index (χ2v) is 12.1. The normalized spacial score (nSPS) is 11.5. The largest absolute Gasteiger partial charge is 0.494 e. The first kappa shape index (κ1) is 32.3. The van der Waals surface area contributed by atoms with Gasteiger partial charge in [0, 0.05) is 10.0 Å². The third-order valence-corrected chi connectivity index (χ3v) is 8.03. The molecule has 0 atom stereocenters. The van der Waals surface area contributed by atoms with Crippen molar-refractivity contribution in [2.45, 2.75) is 47.1 Å². The van der Waals surface area contributed by atoms with Crippen molar-refractivity contribution in [1.82, 2.24) is 9.66 Å². The summed E-state index contributed by atoms with van der Waals surface area (Å²) in [5.74, 6) is 2.38. The summed E-state index contributed by atoms with van der Waals surface area (Å²) in [6.45, 7) is 11.4. The van der Waals surface area contributed by atoms with E-state index in [0.717, 1.165) is 32.5 Å². The Balaban J connectivity index is 1.59. The van der Waals surface area contributed by atoms with Crippen LogP contribution in [0.2, 0.25) is 5.02 Å². The molecule has 5 aromatic rings. The van der Waals surface area contributed by atoms with Crippen LogP contribution in [0.5, 0.6) is 17.2 Å². The van der Waals surface area contributed by atoms with E-state index in [1.165, 1.54) is 4.68 Å². The van der Waals surface area contributed by atoms with Crippen LogP contribution >= 0.6 is 27.5 Å². The Morgan fingerprint density at radius 2 is 1.67 bits per heavy atom. The maximum absolute atomic E-state index is 13.9. The summed E-state index contributed by atoms with van der Waals surface area (Å²) in [6.07, 6.45) is 1.58. The van der Waals surface area contributed by atoms with Gasteiger partial charge in [0.05, 0.1) is 35.4 Å². The summed E-state index contributed by atoms with van der Waals surface area (Å²) in [7, 11) is 0. The molecule has 45 heavy (non-hydrogen) atoms. The molecule has 0 amide bonds. The van der Waals surface area contributed by atoms with Gasteiger partial charge in [0.15, 0.2) is 17.3 Å². The van der Waals surface area contributed by atoms with E-state index in [0.29, 0.717) is 58.6 Å². The van der Waals surface area contributed by atoms with E-state index in [9.17, 15) is 4.79 Å². The van der Waals surface area contributed by atoms with Crippen molar-refractivity contribution in [1.29, 1.82) is 0 Å². The van der Waals surface area contributed by atoms with Gasteiger partial charge in [-0.2, -0.15) is 9.78 Å². The van der Waals surface area contributed by atoms with Crippen LogP contribution in [0.4, 0.5) is 0 Å². The molecule has 0 bridgehead atoms. The Hall–Kier alpha value is -4.14. The number of fused-ring (bicyclic) bond motifs is 1. The molecular weight excluding hydrogens is 654 g/mol. The number of aryl methyl sites for hydroxylation is 1. The molecule has 0 spiro atoms. The second kappa shape index (κ2) is 14.3. The van der Waals surface area contributed by atoms with E-state index < -0.39 is 0 Å². The van der Waals surface area contributed by atoms with E-state index in [2.05, 4.69) is 40.9 Å². The standard InChI is InChI=1S/C36H35BrClN3O4/c1-6-43-32-16-23(5)29(19-28(32)22(3)4)35-40-31-11-9-8-10-27(31)36(42)41(35)39-20-25-17-30(38)34(33(18-25)44-7-2)45-21-24-12-14-26(37)15-13-24/h8-20,22H,6-7,21H2,1-5H3. The summed E-state index contributed by atoms with van der Waals surface area (Å²) < 4.78 is 20.3. The van der Waals surface area contributed by atoms with Crippen molar-refractivity contribution < 1.29 is 14.2 Å². The van der Waals surface area contributed by atoms with Gasteiger partial charge in [-0.3, -0.25) is 4.79 Å². The number of ether oxygens (including phenoxy) is 3. The SMILES string of the molecule is CCOc1cc(C)c(-c2nc3ccccc3c(=O)n2N=Cc2cc(Cl)c(OCc3ccc(Br)cc3)c(OCC)c2)cc1C(C)C. The van der Waals surface area contributed by atoms with E-state index in [1.54, 1.807) is 24.4 Å². The molecule has 1 heterocycles. The zero-order valence-electron chi connectivity index (χ0n) is 25.9. The van der Waals surface area contributed by atoms with Gasteiger partial charge in [-0.25, -0.2) is 4.98 Å². The van der Waals surface area contributed by atoms with Gasteiger partial charge in [0.2, 0.25) is 0 Å². The Morgan fingerprint density at radius 1 is 0.956 bits per heavy atom. The fraction of sp³-hybridized carbons (Fsp3) is 0.250. The zero-order chi connectivity index (χ0) is 32.1. The Bertz CT molecular complexity index is 1920. The molecule has 0 saturated carbocycles. The highest BCUT2D eigenvalue weighted by atomic mass is 79.9. The maximum Gasteiger partial charge on any atom is 0.282 e. The number of nitrogens with zero attached hydrogens (tertiary/aromatic N) is 3. The first-order chi connectivity index (χ1) is 21.7. The lowest BCUT2D eigenvalue weighted by Gasteiger charge is -2.18. The maximum atomic E-state index is 13.9. The van der Waals surface area contributed by atoms with E-state index in [-0.39, 0.29) is 11.5 Å². The third-order valence-electron chi connectivity index (χ3n) is 7.22. The molecule has 0 aliphatic rings. The second-order valence-electron chi connectivity index (χ2n) is 10.8. The van der Waals surface area contributed by atoms with Crippen LogP contribution in [0.15, 0.2) is 87.2 Å². The Morgan fingerprint density at radius 3 is 2.38 bits per heavy atom. The molecule has 0 saturated heterocycles. The molecule has 7 nitrogen and oxygen atoms in total. The number of para-hydroxylation sites is 1. The van der Waals surface area contributed by atoms with Gasteiger partial charge in [-0.15, -0.1) is 0 Å². The molecule has 0 aliphatic heterocycles. The number of halogens is 2. The zero-order valence-corrected chi connectivity index (χ0v) is 28.3. The van der Waals surface area contributed by atoms with Gasteiger partial charge in [0.25, 0.3) is 5.56 Å². The van der Waals surface area contributed by atoms with Crippen LogP contribution in [0.1, 0.15) is 55.9 Å². The van der Waals surface area contributed by atoms with Gasteiger partial charge in [-0.05, 0) is 97.5 Å². The van der Waals surface area contributed by atoms with Crippen molar-refractivity contribution in [2.75, 3.05) is 13.2 Å². The van der Waals surface area contributed by atoms with Crippen LogP contribution in [-0.4, -0.2) is 29.1 Å². The van der Waals surface area contributed by atoms with Crippen LogP contribution in [0.25, 0.3) is 22.3 Å². The molecule has 9 heteroatoms. The average Bonchev–Trinajstić information content (AvgIpc) is 3.01. The minimum atomic E-state index is -0.281. The lowest BCUT2D eigenvalue weighted by Crippen LogP contribution is -2.21. The minimum Gasteiger partial charge on any atom is -0.494 e. The quantitative estimate of drug-likeness (QED) is 0.129. The smallest absolute Gasteiger partial charge is 0.282 e. The van der Waals surface area contributed by atoms with Crippen LogP contribution < -0.4 is 19.8 Å². The van der Waals surface area contributed by atoms with Gasteiger partial charge < -0.3 is 14.2 Å². The highest BCUT2D eigenvalue weighted by molar-refractivity contribution is 9.10. The number of hydrogen-bond donors (Lipinski definition) is 0. The van der Waals surface area contributed by atoms with Gasteiger partial charge in [-0.1, -0.05) is 65.6 Å². The summed E-state index contributed by atoms with van der Waals surface area (Å²) in [6, 6.07) is 22.7. The molecule has 0 aliphatic carbocycles. The molecule has 4 aromatic carbocycles. The lowest BCUT2D eigenvalue weighted by atomic mass is 9.96. The fourth-order valence-electron chi connectivity index (χ4n) is 5.00. The molecule has 232 valence electrons. The summed E-state index contributed by atoms with van der Waals surface area (Å²) >= 11 is 10.2.